The van der Waals surface area contributed by atoms with E-state index in [0.29, 0.717) is 6.54 Å². The third-order valence-electron chi connectivity index (χ3n) is 4.25. The number of rotatable bonds is 5. The molecule has 0 aliphatic carbocycles. The van der Waals surface area contributed by atoms with Gasteiger partial charge in [-0.1, -0.05) is 64.5 Å². The van der Waals surface area contributed by atoms with Crippen LogP contribution < -0.4 is 4.80 Å². The molecule has 0 saturated heterocycles. The molecule has 1 N–H and O–H groups in total. The second-order valence-corrected chi connectivity index (χ2v) is 8.19. The first kappa shape index (κ1) is 18.7. The van der Waals surface area contributed by atoms with Crippen LogP contribution in [-0.2, 0) is 0 Å². The maximum atomic E-state index is 4.79. The molecular weight excluding hydrogens is 432 g/mol. The van der Waals surface area contributed by atoms with Crippen molar-refractivity contribution in [3.05, 3.63) is 87.1 Å². The van der Waals surface area contributed by atoms with E-state index in [1.54, 1.807) is 11.3 Å². The summed E-state index contributed by atoms with van der Waals surface area (Å²) >= 11 is 5.23. The first-order chi connectivity index (χ1) is 13.6. The van der Waals surface area contributed by atoms with Gasteiger partial charge in [0.1, 0.15) is 0 Å². The van der Waals surface area contributed by atoms with E-state index in [4.69, 9.17) is 5.10 Å². The third-order valence-corrected chi connectivity index (χ3v) is 5.80. The number of thiazole rings is 1. The summed E-state index contributed by atoms with van der Waals surface area (Å²) in [6, 6.07) is 16.3. The van der Waals surface area contributed by atoms with E-state index in [1.165, 1.54) is 0 Å². The monoisotopic (exact) mass is 450 g/mol. The SMILES string of the molecule is C=C(C)CN=c1scc(-c2ccccc2Br)n1N=Cc1c[nH]c2ccccc12. The molecule has 0 aliphatic rings. The van der Waals surface area contributed by atoms with Crippen molar-refractivity contribution in [3.8, 4) is 11.3 Å². The second-order valence-electron chi connectivity index (χ2n) is 6.50. The summed E-state index contributed by atoms with van der Waals surface area (Å²) in [7, 11) is 0. The second kappa shape index (κ2) is 8.12. The summed E-state index contributed by atoms with van der Waals surface area (Å²) in [5, 5.41) is 8.02. The molecule has 4 rings (SSSR count). The fraction of sp³-hybridized carbons (Fsp3) is 0.0909. The van der Waals surface area contributed by atoms with Crippen molar-refractivity contribution in [3.63, 3.8) is 0 Å². The number of aromatic nitrogens is 2. The molecule has 140 valence electrons. The normalized spacial score (nSPS) is 12.3. The number of benzene rings is 2. The first-order valence-corrected chi connectivity index (χ1v) is 10.5. The van der Waals surface area contributed by atoms with Crippen LogP contribution in [-0.4, -0.2) is 22.4 Å². The van der Waals surface area contributed by atoms with Crippen LogP contribution in [0, 0.1) is 0 Å². The minimum absolute atomic E-state index is 0.582. The molecule has 0 amide bonds. The van der Waals surface area contributed by atoms with Crippen LogP contribution in [0.2, 0.25) is 0 Å². The number of fused-ring (bicyclic) bond motifs is 1. The smallest absolute Gasteiger partial charge is 0.206 e. The highest BCUT2D eigenvalue weighted by atomic mass is 79.9. The molecule has 6 heteroatoms. The van der Waals surface area contributed by atoms with E-state index < -0.39 is 0 Å². The predicted octanol–water partition coefficient (Wildman–Crippen LogP) is 5.82. The number of para-hydroxylation sites is 1. The molecule has 2 aromatic carbocycles. The highest BCUT2D eigenvalue weighted by Gasteiger charge is 2.10. The van der Waals surface area contributed by atoms with Crippen LogP contribution in [0.15, 0.2) is 86.8 Å². The minimum atomic E-state index is 0.582. The molecule has 2 aromatic heterocycles. The van der Waals surface area contributed by atoms with Crippen molar-refractivity contribution in [1.29, 1.82) is 0 Å². The number of halogens is 1. The first-order valence-electron chi connectivity index (χ1n) is 8.84. The summed E-state index contributed by atoms with van der Waals surface area (Å²) in [5.41, 5.74) is 5.22. The Balaban J connectivity index is 1.84. The Kier molecular flexibility index (Phi) is 5.41. The largest absolute Gasteiger partial charge is 0.361 e. The molecule has 4 nitrogen and oxygen atoms in total. The molecule has 0 saturated carbocycles. The van der Waals surface area contributed by atoms with Crippen LogP contribution in [0.1, 0.15) is 12.5 Å². The van der Waals surface area contributed by atoms with Crippen LogP contribution in [0.3, 0.4) is 0 Å². The fourth-order valence-corrected chi connectivity index (χ4v) is 4.21. The van der Waals surface area contributed by atoms with E-state index in [2.05, 4.69) is 56.1 Å². The van der Waals surface area contributed by atoms with Gasteiger partial charge in [-0.25, -0.2) is 4.68 Å². The number of hydrogen-bond acceptors (Lipinski definition) is 3. The Morgan fingerprint density at radius 3 is 2.82 bits per heavy atom. The Morgan fingerprint density at radius 1 is 1.21 bits per heavy atom. The Labute approximate surface area is 175 Å². The molecule has 0 aliphatic heterocycles. The fourth-order valence-electron chi connectivity index (χ4n) is 2.90. The van der Waals surface area contributed by atoms with E-state index in [1.807, 2.05) is 54.3 Å². The predicted molar refractivity (Wildman–Crippen MR) is 122 cm³/mol. The number of hydrogen-bond donors (Lipinski definition) is 1. The molecular formula is C22H19BrN4S. The van der Waals surface area contributed by atoms with E-state index in [-0.39, 0.29) is 0 Å². The average Bonchev–Trinajstić information content (AvgIpc) is 3.29. The van der Waals surface area contributed by atoms with Crippen molar-refractivity contribution < 1.29 is 0 Å². The van der Waals surface area contributed by atoms with Crippen molar-refractivity contribution >= 4 is 44.4 Å². The maximum Gasteiger partial charge on any atom is 0.206 e. The van der Waals surface area contributed by atoms with Gasteiger partial charge in [-0.3, -0.25) is 4.99 Å². The Hall–Kier alpha value is -2.70. The molecule has 0 atom stereocenters. The third kappa shape index (κ3) is 3.79. The molecule has 0 radical (unpaired) electrons. The lowest BCUT2D eigenvalue weighted by Crippen LogP contribution is -2.13. The number of nitrogens with one attached hydrogen (secondary N) is 1. The molecule has 0 bridgehead atoms. The van der Waals surface area contributed by atoms with Gasteiger partial charge < -0.3 is 4.98 Å². The zero-order valence-electron chi connectivity index (χ0n) is 15.4. The topological polar surface area (TPSA) is 45.4 Å². The highest BCUT2D eigenvalue weighted by molar-refractivity contribution is 9.10. The molecule has 0 spiro atoms. The Morgan fingerprint density at radius 2 is 2.00 bits per heavy atom. The zero-order valence-corrected chi connectivity index (χ0v) is 17.8. The molecule has 4 aromatic rings. The van der Waals surface area contributed by atoms with Gasteiger partial charge >= 0.3 is 0 Å². The van der Waals surface area contributed by atoms with Gasteiger partial charge in [0.15, 0.2) is 0 Å². The van der Waals surface area contributed by atoms with Gasteiger partial charge in [-0.2, -0.15) is 5.10 Å². The molecule has 0 unspecified atom stereocenters. The maximum absolute atomic E-state index is 4.79. The number of aromatic amines is 1. The van der Waals surface area contributed by atoms with Gasteiger partial charge in [-0.05, 0) is 19.1 Å². The summed E-state index contributed by atoms with van der Waals surface area (Å²) in [5.74, 6) is 0. The van der Waals surface area contributed by atoms with Crippen LogP contribution in [0.5, 0.6) is 0 Å². The lowest BCUT2D eigenvalue weighted by molar-refractivity contribution is 0.836. The van der Waals surface area contributed by atoms with Gasteiger partial charge in [0.05, 0.1) is 18.5 Å². The zero-order chi connectivity index (χ0) is 19.5. The van der Waals surface area contributed by atoms with Crippen molar-refractivity contribution in [2.24, 2.45) is 10.1 Å². The summed E-state index contributed by atoms with van der Waals surface area (Å²) in [6.07, 6.45) is 3.86. The minimum Gasteiger partial charge on any atom is -0.361 e. The van der Waals surface area contributed by atoms with Crippen LogP contribution >= 0.6 is 27.3 Å². The van der Waals surface area contributed by atoms with Gasteiger partial charge in [0.2, 0.25) is 4.80 Å². The summed E-state index contributed by atoms with van der Waals surface area (Å²) in [4.78, 5) is 8.81. The number of nitrogens with zero attached hydrogens (tertiary/aromatic N) is 3. The van der Waals surface area contributed by atoms with Crippen LogP contribution in [0.25, 0.3) is 22.2 Å². The molecule has 0 fully saturated rings. The lowest BCUT2D eigenvalue weighted by Gasteiger charge is -2.05. The van der Waals surface area contributed by atoms with E-state index in [0.717, 1.165) is 42.6 Å². The van der Waals surface area contributed by atoms with Gasteiger partial charge in [0, 0.05) is 38.1 Å². The molecule has 28 heavy (non-hydrogen) atoms. The van der Waals surface area contributed by atoms with E-state index >= 15 is 0 Å². The summed E-state index contributed by atoms with van der Waals surface area (Å²) in [6.45, 7) is 6.51. The standard InChI is InChI=1S/C22H19BrN4S/c1-15(2)11-25-22-27(21(14-28-22)18-8-3-5-9-19(18)23)26-13-16-12-24-20-10-6-4-7-17(16)20/h3-10,12-14,24H,1,11H2,2H3. The Bertz CT molecular complexity index is 1240. The quantitative estimate of drug-likeness (QED) is 0.294. The van der Waals surface area contributed by atoms with Gasteiger partial charge in [0.25, 0.3) is 0 Å². The molecule has 2 heterocycles. The lowest BCUT2D eigenvalue weighted by atomic mass is 10.2. The number of H-pyrrole nitrogens is 1. The van der Waals surface area contributed by atoms with Crippen molar-refractivity contribution in [2.45, 2.75) is 6.92 Å². The van der Waals surface area contributed by atoms with Crippen LogP contribution in [0.4, 0.5) is 0 Å². The average molecular weight is 451 g/mol. The highest BCUT2D eigenvalue weighted by Crippen LogP contribution is 2.28. The van der Waals surface area contributed by atoms with Gasteiger partial charge in [-0.15, -0.1) is 11.3 Å². The van der Waals surface area contributed by atoms with E-state index in [9.17, 15) is 0 Å². The van der Waals surface area contributed by atoms with Crippen molar-refractivity contribution in [1.82, 2.24) is 9.66 Å². The summed E-state index contributed by atoms with van der Waals surface area (Å²) < 4.78 is 2.92. The van der Waals surface area contributed by atoms with Crippen molar-refractivity contribution in [2.75, 3.05) is 6.54 Å².